The van der Waals surface area contributed by atoms with E-state index in [0.29, 0.717) is 12.1 Å². The van der Waals surface area contributed by atoms with Crippen LogP contribution >= 0.6 is 11.3 Å². The van der Waals surface area contributed by atoms with Crippen molar-refractivity contribution in [3.05, 3.63) is 57.5 Å². The van der Waals surface area contributed by atoms with Crippen molar-refractivity contribution in [1.82, 2.24) is 10.2 Å². The van der Waals surface area contributed by atoms with Crippen molar-refractivity contribution in [2.24, 2.45) is 0 Å². The van der Waals surface area contributed by atoms with Gasteiger partial charge in [-0.05, 0) is 41.8 Å². The molecular formula is C16H17FN2OS. The lowest BCUT2D eigenvalue weighted by atomic mass is 10.1. The monoisotopic (exact) mass is 304 g/mol. The number of nitrogens with zero attached hydrogens (tertiary/aromatic N) is 1. The quantitative estimate of drug-likeness (QED) is 0.944. The van der Waals surface area contributed by atoms with E-state index in [1.54, 1.807) is 34.4 Å². The molecule has 0 saturated carbocycles. The van der Waals surface area contributed by atoms with E-state index in [1.807, 2.05) is 19.2 Å². The van der Waals surface area contributed by atoms with E-state index < -0.39 is 6.17 Å². The molecular weight excluding hydrogens is 287 g/mol. The average Bonchev–Trinajstić information content (AvgIpc) is 2.98. The van der Waals surface area contributed by atoms with Crippen LogP contribution in [0, 0.1) is 12.7 Å². The number of carbonyl (C=O) groups is 1. The summed E-state index contributed by atoms with van der Waals surface area (Å²) in [6.45, 7) is 4.35. The van der Waals surface area contributed by atoms with Gasteiger partial charge in [0.15, 0.2) is 0 Å². The summed E-state index contributed by atoms with van der Waals surface area (Å²) in [7, 11) is 0. The summed E-state index contributed by atoms with van der Waals surface area (Å²) in [4.78, 5) is 14.1. The second-order valence-corrected chi connectivity index (χ2v) is 6.10. The predicted molar refractivity (Wildman–Crippen MR) is 81.3 cm³/mol. The Labute approximate surface area is 127 Å². The standard InChI is InChI=1S/C16H17FN2OS/c1-10-8-21-9-12(10)7-19-15(18-11(2)16(19)20)13-5-3-4-6-14(13)17/h3-6,8-9,11,15,18H,7H2,1-2H3. The van der Waals surface area contributed by atoms with Gasteiger partial charge in [-0.3, -0.25) is 10.1 Å². The molecule has 1 saturated heterocycles. The van der Waals surface area contributed by atoms with Crippen LogP contribution in [-0.2, 0) is 11.3 Å². The van der Waals surface area contributed by atoms with Gasteiger partial charge in [0.05, 0.1) is 6.04 Å². The first-order valence-electron chi connectivity index (χ1n) is 6.90. The van der Waals surface area contributed by atoms with Gasteiger partial charge in [-0.2, -0.15) is 11.3 Å². The van der Waals surface area contributed by atoms with Crippen LogP contribution < -0.4 is 5.32 Å². The SMILES string of the molecule is Cc1cscc1CN1C(=O)C(C)NC1c1ccccc1F. The molecule has 1 aromatic heterocycles. The highest BCUT2D eigenvalue weighted by molar-refractivity contribution is 7.08. The highest BCUT2D eigenvalue weighted by atomic mass is 32.1. The Morgan fingerprint density at radius 1 is 1.33 bits per heavy atom. The first-order valence-corrected chi connectivity index (χ1v) is 7.85. The molecule has 5 heteroatoms. The third kappa shape index (κ3) is 2.59. The molecule has 1 aliphatic heterocycles. The minimum absolute atomic E-state index is 0.00820. The third-order valence-corrected chi connectivity index (χ3v) is 4.79. The maximum atomic E-state index is 14.1. The molecule has 2 atom stereocenters. The molecule has 0 radical (unpaired) electrons. The van der Waals surface area contributed by atoms with Gasteiger partial charge >= 0.3 is 0 Å². The van der Waals surface area contributed by atoms with Crippen LogP contribution in [0.25, 0.3) is 0 Å². The van der Waals surface area contributed by atoms with Crippen molar-refractivity contribution >= 4 is 17.2 Å². The number of amides is 1. The summed E-state index contributed by atoms with van der Waals surface area (Å²) in [6, 6.07) is 6.31. The van der Waals surface area contributed by atoms with Crippen molar-refractivity contribution in [3.63, 3.8) is 0 Å². The minimum Gasteiger partial charge on any atom is -0.317 e. The minimum atomic E-state index is -0.409. The molecule has 0 spiro atoms. The highest BCUT2D eigenvalue weighted by Gasteiger charge is 2.38. The molecule has 2 heterocycles. The van der Waals surface area contributed by atoms with Crippen LogP contribution in [0.5, 0.6) is 0 Å². The van der Waals surface area contributed by atoms with E-state index in [4.69, 9.17) is 0 Å². The number of thiophene rings is 1. The van der Waals surface area contributed by atoms with E-state index in [0.717, 1.165) is 5.56 Å². The van der Waals surface area contributed by atoms with Crippen LogP contribution in [-0.4, -0.2) is 16.8 Å². The molecule has 0 aliphatic carbocycles. The van der Waals surface area contributed by atoms with Crippen molar-refractivity contribution in [2.45, 2.75) is 32.6 Å². The molecule has 3 nitrogen and oxygen atoms in total. The van der Waals surface area contributed by atoms with Crippen LogP contribution in [0.15, 0.2) is 35.0 Å². The molecule has 1 aliphatic rings. The maximum absolute atomic E-state index is 14.1. The number of hydrogen-bond acceptors (Lipinski definition) is 3. The number of rotatable bonds is 3. The summed E-state index contributed by atoms with van der Waals surface area (Å²) in [6.07, 6.45) is -0.409. The van der Waals surface area contributed by atoms with Gasteiger partial charge in [0.25, 0.3) is 0 Å². The van der Waals surface area contributed by atoms with Gasteiger partial charge in [0.1, 0.15) is 12.0 Å². The van der Waals surface area contributed by atoms with Gasteiger partial charge in [0, 0.05) is 12.1 Å². The smallest absolute Gasteiger partial charge is 0.241 e. The molecule has 3 rings (SSSR count). The van der Waals surface area contributed by atoms with Crippen LogP contribution in [0.3, 0.4) is 0 Å². The third-order valence-electron chi connectivity index (χ3n) is 3.88. The largest absolute Gasteiger partial charge is 0.317 e. The normalized spacial score (nSPS) is 22.0. The predicted octanol–water partition coefficient (Wildman–Crippen LogP) is 3.21. The van der Waals surface area contributed by atoms with Crippen LogP contribution in [0.1, 0.15) is 29.8 Å². The van der Waals surface area contributed by atoms with Crippen molar-refractivity contribution in [3.8, 4) is 0 Å². The summed E-state index contributed by atoms with van der Waals surface area (Å²) < 4.78 is 14.1. The van der Waals surface area contributed by atoms with Crippen molar-refractivity contribution in [2.75, 3.05) is 0 Å². The molecule has 1 N–H and O–H groups in total. The molecule has 1 amide bonds. The first kappa shape index (κ1) is 14.2. The average molecular weight is 304 g/mol. The highest BCUT2D eigenvalue weighted by Crippen LogP contribution is 2.30. The van der Waals surface area contributed by atoms with Crippen LogP contribution in [0.4, 0.5) is 4.39 Å². The zero-order chi connectivity index (χ0) is 15.0. The van der Waals surface area contributed by atoms with E-state index in [9.17, 15) is 9.18 Å². The fourth-order valence-corrected chi connectivity index (χ4v) is 3.48. The van der Waals surface area contributed by atoms with E-state index >= 15 is 0 Å². The second kappa shape index (κ2) is 5.58. The van der Waals surface area contributed by atoms with E-state index in [1.165, 1.54) is 11.6 Å². The second-order valence-electron chi connectivity index (χ2n) is 5.36. The van der Waals surface area contributed by atoms with Gasteiger partial charge in [-0.1, -0.05) is 18.2 Å². The van der Waals surface area contributed by atoms with Gasteiger partial charge < -0.3 is 4.90 Å². The van der Waals surface area contributed by atoms with Gasteiger partial charge in [-0.25, -0.2) is 4.39 Å². The zero-order valence-electron chi connectivity index (χ0n) is 12.0. The fourth-order valence-electron chi connectivity index (χ4n) is 2.63. The number of hydrogen-bond donors (Lipinski definition) is 1. The topological polar surface area (TPSA) is 32.3 Å². The fraction of sp³-hybridized carbons (Fsp3) is 0.312. The number of halogens is 1. The number of benzene rings is 1. The van der Waals surface area contributed by atoms with E-state index in [-0.39, 0.29) is 17.8 Å². The molecule has 1 aromatic carbocycles. The lowest BCUT2D eigenvalue weighted by Gasteiger charge is -2.25. The Morgan fingerprint density at radius 2 is 2.10 bits per heavy atom. The molecule has 0 bridgehead atoms. The Balaban J connectivity index is 1.93. The lowest BCUT2D eigenvalue weighted by molar-refractivity contribution is -0.130. The molecule has 1 fully saturated rings. The van der Waals surface area contributed by atoms with Crippen molar-refractivity contribution < 1.29 is 9.18 Å². The summed E-state index contributed by atoms with van der Waals surface area (Å²) in [5, 5.41) is 7.29. The van der Waals surface area contributed by atoms with Crippen molar-refractivity contribution in [1.29, 1.82) is 0 Å². The van der Waals surface area contributed by atoms with E-state index in [2.05, 4.69) is 10.7 Å². The zero-order valence-corrected chi connectivity index (χ0v) is 12.8. The van der Waals surface area contributed by atoms with Gasteiger partial charge in [0.2, 0.25) is 5.91 Å². The number of carbonyl (C=O) groups excluding carboxylic acids is 1. The summed E-state index contributed by atoms with van der Waals surface area (Å²) in [5.74, 6) is -0.280. The lowest BCUT2D eigenvalue weighted by Crippen LogP contribution is -2.30. The Bertz CT molecular complexity index is 670. The molecule has 21 heavy (non-hydrogen) atoms. The Morgan fingerprint density at radius 3 is 2.76 bits per heavy atom. The molecule has 2 aromatic rings. The number of aryl methyl sites for hydroxylation is 1. The number of nitrogens with one attached hydrogen (secondary N) is 1. The summed E-state index contributed by atoms with van der Waals surface area (Å²) in [5.41, 5.74) is 2.80. The Hall–Kier alpha value is -1.72. The first-order chi connectivity index (χ1) is 10.1. The summed E-state index contributed by atoms with van der Waals surface area (Å²) >= 11 is 1.62. The molecule has 2 unspecified atom stereocenters. The van der Waals surface area contributed by atoms with Crippen LogP contribution in [0.2, 0.25) is 0 Å². The molecule has 110 valence electrons. The maximum Gasteiger partial charge on any atom is 0.241 e. The van der Waals surface area contributed by atoms with Gasteiger partial charge in [-0.15, -0.1) is 0 Å². The Kier molecular flexibility index (Phi) is 3.78.